The molecule has 0 aliphatic heterocycles. The topological polar surface area (TPSA) is 62.5 Å². The number of hydrogen-bond donors (Lipinski definition) is 2. The number of hydrogen-bond acceptors (Lipinski definition) is 3. The van der Waals surface area contributed by atoms with Gasteiger partial charge in [-0.1, -0.05) is 65.0 Å². The molecular formula is C20H30N4O. The van der Waals surface area contributed by atoms with Crippen LogP contribution in [0, 0.1) is 0 Å². The second-order valence-electron chi connectivity index (χ2n) is 7.90. The Morgan fingerprint density at radius 1 is 1.08 bits per heavy atom. The lowest BCUT2D eigenvalue weighted by molar-refractivity contribution is 0.379. The van der Waals surface area contributed by atoms with Gasteiger partial charge in [-0.15, -0.1) is 0 Å². The highest BCUT2D eigenvalue weighted by atomic mass is 16.4. The SMILES string of the molecule is CN=C(NCc1ncc(C(C)(C)C)o1)NCC(C)(C)c1ccccc1. The summed E-state index contributed by atoms with van der Waals surface area (Å²) in [6.07, 6.45) is 1.80. The van der Waals surface area contributed by atoms with E-state index in [2.05, 4.69) is 79.5 Å². The average Bonchev–Trinajstić information content (AvgIpc) is 3.05. The first-order valence-corrected chi connectivity index (χ1v) is 8.67. The van der Waals surface area contributed by atoms with Gasteiger partial charge < -0.3 is 15.1 Å². The van der Waals surface area contributed by atoms with E-state index in [1.165, 1.54) is 5.56 Å². The predicted molar refractivity (Wildman–Crippen MR) is 103 cm³/mol. The van der Waals surface area contributed by atoms with Crippen molar-refractivity contribution in [3.63, 3.8) is 0 Å². The summed E-state index contributed by atoms with van der Waals surface area (Å²) < 4.78 is 5.80. The maximum absolute atomic E-state index is 5.80. The molecule has 0 bridgehead atoms. The molecule has 25 heavy (non-hydrogen) atoms. The Kier molecular flexibility index (Phi) is 5.88. The van der Waals surface area contributed by atoms with Crippen LogP contribution >= 0.6 is 0 Å². The summed E-state index contributed by atoms with van der Waals surface area (Å²) in [5.74, 6) is 2.28. The molecule has 0 amide bonds. The summed E-state index contributed by atoms with van der Waals surface area (Å²) in [4.78, 5) is 8.61. The molecular weight excluding hydrogens is 312 g/mol. The van der Waals surface area contributed by atoms with Gasteiger partial charge >= 0.3 is 0 Å². The number of rotatable bonds is 5. The van der Waals surface area contributed by atoms with Crippen molar-refractivity contribution in [1.29, 1.82) is 0 Å². The molecule has 1 aromatic heterocycles. The number of aliphatic imine (C=N–C) groups is 1. The first-order valence-electron chi connectivity index (χ1n) is 8.67. The van der Waals surface area contributed by atoms with E-state index >= 15 is 0 Å². The first-order chi connectivity index (χ1) is 11.7. The summed E-state index contributed by atoms with van der Waals surface area (Å²) in [5, 5.41) is 6.64. The largest absolute Gasteiger partial charge is 0.443 e. The lowest BCUT2D eigenvalue weighted by Gasteiger charge is -2.26. The standard InChI is InChI=1S/C20H30N4O/c1-19(2,3)16-12-22-17(25-16)13-23-18(21-6)24-14-20(4,5)15-10-8-7-9-11-15/h7-12H,13-14H2,1-6H3,(H2,21,23,24). The molecule has 0 fully saturated rings. The average molecular weight is 342 g/mol. The number of nitrogens with one attached hydrogen (secondary N) is 2. The highest BCUT2D eigenvalue weighted by molar-refractivity contribution is 5.79. The van der Waals surface area contributed by atoms with Gasteiger partial charge in [-0.2, -0.15) is 0 Å². The lowest BCUT2D eigenvalue weighted by atomic mass is 9.85. The van der Waals surface area contributed by atoms with Crippen LogP contribution in [0.3, 0.4) is 0 Å². The minimum atomic E-state index is -0.0368. The van der Waals surface area contributed by atoms with Crippen LogP contribution in [0.2, 0.25) is 0 Å². The summed E-state index contributed by atoms with van der Waals surface area (Å²) in [5.41, 5.74) is 1.26. The number of oxazole rings is 1. The van der Waals surface area contributed by atoms with Crippen molar-refractivity contribution in [3.05, 3.63) is 53.7 Å². The van der Waals surface area contributed by atoms with E-state index in [0.29, 0.717) is 12.4 Å². The fraction of sp³-hybridized carbons (Fsp3) is 0.500. The lowest BCUT2D eigenvalue weighted by Crippen LogP contribution is -2.43. The first kappa shape index (κ1) is 19.0. The van der Waals surface area contributed by atoms with Gasteiger partial charge in [-0.3, -0.25) is 4.99 Å². The van der Waals surface area contributed by atoms with E-state index in [1.807, 2.05) is 6.07 Å². The van der Waals surface area contributed by atoms with Crippen molar-refractivity contribution >= 4 is 5.96 Å². The molecule has 1 aromatic carbocycles. The highest BCUT2D eigenvalue weighted by Gasteiger charge is 2.21. The van der Waals surface area contributed by atoms with Crippen LogP contribution in [0.4, 0.5) is 0 Å². The van der Waals surface area contributed by atoms with Crippen molar-refractivity contribution < 1.29 is 4.42 Å². The number of aromatic nitrogens is 1. The zero-order chi connectivity index (χ0) is 18.5. The quantitative estimate of drug-likeness (QED) is 0.643. The van der Waals surface area contributed by atoms with Crippen molar-refractivity contribution in [2.75, 3.05) is 13.6 Å². The molecule has 0 aliphatic rings. The van der Waals surface area contributed by atoms with Gasteiger partial charge in [0.1, 0.15) is 5.76 Å². The maximum Gasteiger partial charge on any atom is 0.213 e. The van der Waals surface area contributed by atoms with E-state index < -0.39 is 0 Å². The van der Waals surface area contributed by atoms with E-state index in [0.717, 1.165) is 18.3 Å². The zero-order valence-corrected chi connectivity index (χ0v) is 16.2. The Hall–Kier alpha value is -2.30. The molecule has 0 spiro atoms. The summed E-state index contributed by atoms with van der Waals surface area (Å²) in [7, 11) is 1.76. The fourth-order valence-electron chi connectivity index (χ4n) is 2.41. The van der Waals surface area contributed by atoms with Crippen LogP contribution in [-0.4, -0.2) is 24.5 Å². The van der Waals surface area contributed by atoms with E-state index in [1.54, 1.807) is 13.2 Å². The number of guanidine groups is 1. The van der Waals surface area contributed by atoms with Gasteiger partial charge in [0, 0.05) is 24.4 Å². The van der Waals surface area contributed by atoms with Gasteiger partial charge in [0.2, 0.25) is 5.89 Å². The molecule has 2 aromatic rings. The maximum atomic E-state index is 5.80. The second kappa shape index (κ2) is 7.72. The van der Waals surface area contributed by atoms with E-state index in [4.69, 9.17) is 4.42 Å². The molecule has 5 nitrogen and oxygen atoms in total. The van der Waals surface area contributed by atoms with Crippen LogP contribution in [0.15, 0.2) is 45.9 Å². The van der Waals surface area contributed by atoms with Gasteiger partial charge in [0.25, 0.3) is 0 Å². The minimum Gasteiger partial charge on any atom is -0.443 e. The molecule has 5 heteroatoms. The van der Waals surface area contributed by atoms with Gasteiger partial charge in [-0.25, -0.2) is 4.98 Å². The summed E-state index contributed by atoms with van der Waals surface area (Å²) >= 11 is 0. The Bertz CT molecular complexity index is 696. The molecule has 0 unspecified atom stereocenters. The molecule has 0 saturated heterocycles. The normalized spacial score (nSPS) is 13.0. The van der Waals surface area contributed by atoms with Crippen molar-refractivity contribution in [2.24, 2.45) is 4.99 Å². The molecule has 0 aliphatic carbocycles. The van der Waals surface area contributed by atoms with Crippen molar-refractivity contribution in [2.45, 2.75) is 52.0 Å². The molecule has 0 saturated carbocycles. The Labute approximate surface area is 151 Å². The molecule has 1 heterocycles. The monoisotopic (exact) mass is 342 g/mol. The minimum absolute atomic E-state index is 0.00121. The summed E-state index contributed by atoms with van der Waals surface area (Å²) in [6.45, 7) is 12.0. The predicted octanol–water partition coefficient (Wildman–Crippen LogP) is 3.61. The Morgan fingerprint density at radius 3 is 2.32 bits per heavy atom. The van der Waals surface area contributed by atoms with Crippen molar-refractivity contribution in [3.8, 4) is 0 Å². The van der Waals surface area contributed by atoms with Crippen LogP contribution < -0.4 is 10.6 Å². The molecule has 0 radical (unpaired) electrons. The number of nitrogens with zero attached hydrogens (tertiary/aromatic N) is 2. The van der Waals surface area contributed by atoms with Crippen LogP contribution in [0.1, 0.15) is 51.8 Å². The molecule has 0 atom stereocenters. The highest BCUT2D eigenvalue weighted by Crippen LogP contribution is 2.23. The van der Waals surface area contributed by atoms with Crippen LogP contribution in [0.5, 0.6) is 0 Å². The van der Waals surface area contributed by atoms with Gasteiger partial charge in [-0.05, 0) is 5.56 Å². The smallest absolute Gasteiger partial charge is 0.213 e. The van der Waals surface area contributed by atoms with Crippen molar-refractivity contribution in [1.82, 2.24) is 15.6 Å². The Morgan fingerprint density at radius 2 is 1.76 bits per heavy atom. The van der Waals surface area contributed by atoms with E-state index in [9.17, 15) is 0 Å². The third-order valence-electron chi connectivity index (χ3n) is 4.18. The zero-order valence-electron chi connectivity index (χ0n) is 16.2. The number of benzene rings is 1. The fourth-order valence-corrected chi connectivity index (χ4v) is 2.41. The van der Waals surface area contributed by atoms with Gasteiger partial charge in [0.15, 0.2) is 5.96 Å². The second-order valence-corrected chi connectivity index (χ2v) is 7.90. The van der Waals surface area contributed by atoms with E-state index in [-0.39, 0.29) is 10.8 Å². The third-order valence-corrected chi connectivity index (χ3v) is 4.18. The third kappa shape index (κ3) is 5.34. The van der Waals surface area contributed by atoms with Gasteiger partial charge in [0.05, 0.1) is 12.7 Å². The molecule has 2 N–H and O–H groups in total. The Balaban J connectivity index is 1.90. The van der Waals surface area contributed by atoms with Crippen LogP contribution in [-0.2, 0) is 17.4 Å². The summed E-state index contributed by atoms with van der Waals surface area (Å²) in [6, 6.07) is 10.5. The molecule has 136 valence electrons. The van der Waals surface area contributed by atoms with Crippen LogP contribution in [0.25, 0.3) is 0 Å². The molecule has 2 rings (SSSR count).